The van der Waals surface area contributed by atoms with E-state index in [1.165, 1.54) is 11.1 Å². The van der Waals surface area contributed by atoms with Gasteiger partial charge >= 0.3 is 0 Å². The van der Waals surface area contributed by atoms with Crippen molar-refractivity contribution in [2.45, 2.75) is 26.3 Å². The number of nitrogens with one attached hydrogen (secondary N) is 3. The van der Waals surface area contributed by atoms with Gasteiger partial charge in [0.15, 0.2) is 0 Å². The van der Waals surface area contributed by atoms with Gasteiger partial charge in [0.25, 0.3) is 5.91 Å². The van der Waals surface area contributed by atoms with Crippen molar-refractivity contribution in [2.24, 2.45) is 0 Å². The highest BCUT2D eigenvalue weighted by atomic mass is 16.2. The minimum Gasteiger partial charge on any atom is -0.355 e. The van der Waals surface area contributed by atoms with Gasteiger partial charge in [-0.3, -0.25) is 9.59 Å². The van der Waals surface area contributed by atoms with Gasteiger partial charge in [0.2, 0.25) is 5.91 Å². The van der Waals surface area contributed by atoms with Gasteiger partial charge in [0.05, 0.1) is 6.54 Å². The number of fused-ring (bicyclic) bond motifs is 1. The lowest BCUT2D eigenvalue weighted by molar-refractivity contribution is -0.120. The van der Waals surface area contributed by atoms with Gasteiger partial charge in [-0.15, -0.1) is 0 Å². The van der Waals surface area contributed by atoms with Crippen molar-refractivity contribution in [2.75, 3.05) is 19.6 Å². The molecule has 0 saturated heterocycles. The molecule has 0 aromatic heterocycles. The van der Waals surface area contributed by atoms with Crippen LogP contribution in [0.2, 0.25) is 0 Å². The van der Waals surface area contributed by atoms with E-state index >= 15 is 0 Å². The molecule has 0 aliphatic carbocycles. The van der Waals surface area contributed by atoms with Crippen molar-refractivity contribution in [3.63, 3.8) is 0 Å². The number of carbonyl (C=O) groups excluding carboxylic acids is 2. The summed E-state index contributed by atoms with van der Waals surface area (Å²) in [6.45, 7) is 4.43. The Morgan fingerprint density at radius 2 is 2.10 bits per heavy atom. The van der Waals surface area contributed by atoms with Gasteiger partial charge in [-0.05, 0) is 42.6 Å². The van der Waals surface area contributed by atoms with Crippen molar-refractivity contribution in [3.05, 3.63) is 34.9 Å². The first kappa shape index (κ1) is 14.5. The second-order valence-corrected chi connectivity index (χ2v) is 4.94. The first-order chi connectivity index (χ1) is 9.70. The van der Waals surface area contributed by atoms with Crippen LogP contribution in [-0.4, -0.2) is 31.4 Å². The predicted molar refractivity (Wildman–Crippen MR) is 77.5 cm³/mol. The molecule has 0 saturated carbocycles. The molecule has 1 aromatic carbocycles. The maximum atomic E-state index is 12.0. The fourth-order valence-electron chi connectivity index (χ4n) is 2.21. The predicted octanol–water partition coefficient (Wildman–Crippen LogP) is 0.588. The number of rotatable bonds is 5. The average Bonchev–Trinajstić information content (AvgIpc) is 2.50. The molecule has 0 spiro atoms. The van der Waals surface area contributed by atoms with Crippen molar-refractivity contribution in [3.8, 4) is 0 Å². The van der Waals surface area contributed by atoms with Crippen LogP contribution in [0.1, 0.15) is 34.8 Å². The standard InChI is InChI=1S/C15H21N3O2/c1-2-6-17-14(19)10-18-15(20)12-4-3-11-5-7-16-9-13(11)8-12/h3-4,8,16H,2,5-7,9-10H2,1H3,(H,17,19)(H,18,20). The van der Waals surface area contributed by atoms with E-state index in [1.807, 2.05) is 25.1 Å². The van der Waals surface area contributed by atoms with E-state index in [-0.39, 0.29) is 18.4 Å². The Morgan fingerprint density at radius 3 is 2.90 bits per heavy atom. The molecule has 0 radical (unpaired) electrons. The smallest absolute Gasteiger partial charge is 0.251 e. The average molecular weight is 275 g/mol. The Morgan fingerprint density at radius 1 is 1.25 bits per heavy atom. The minimum absolute atomic E-state index is 0.0220. The zero-order valence-electron chi connectivity index (χ0n) is 11.8. The highest BCUT2D eigenvalue weighted by Crippen LogP contribution is 2.15. The van der Waals surface area contributed by atoms with Crippen molar-refractivity contribution in [1.82, 2.24) is 16.0 Å². The molecule has 1 aliphatic heterocycles. The van der Waals surface area contributed by atoms with E-state index in [2.05, 4.69) is 16.0 Å². The quantitative estimate of drug-likeness (QED) is 0.736. The summed E-state index contributed by atoms with van der Waals surface area (Å²) >= 11 is 0. The van der Waals surface area contributed by atoms with Gasteiger partial charge in [-0.2, -0.15) is 0 Å². The Bertz CT molecular complexity index is 500. The van der Waals surface area contributed by atoms with E-state index in [9.17, 15) is 9.59 Å². The molecular weight excluding hydrogens is 254 g/mol. The molecule has 1 aliphatic rings. The molecule has 5 nitrogen and oxygen atoms in total. The van der Waals surface area contributed by atoms with Crippen LogP contribution in [0, 0.1) is 0 Å². The molecule has 2 rings (SSSR count). The molecule has 5 heteroatoms. The third-order valence-corrected chi connectivity index (χ3v) is 3.34. The summed E-state index contributed by atoms with van der Waals surface area (Å²) in [5.74, 6) is -0.357. The maximum Gasteiger partial charge on any atom is 0.251 e. The van der Waals surface area contributed by atoms with Gasteiger partial charge in [-0.25, -0.2) is 0 Å². The highest BCUT2D eigenvalue weighted by Gasteiger charge is 2.13. The second kappa shape index (κ2) is 7.05. The molecule has 0 atom stereocenters. The third kappa shape index (κ3) is 3.81. The molecule has 0 fully saturated rings. The van der Waals surface area contributed by atoms with E-state index in [1.54, 1.807) is 0 Å². The zero-order chi connectivity index (χ0) is 14.4. The fourth-order valence-corrected chi connectivity index (χ4v) is 2.21. The lowest BCUT2D eigenvalue weighted by Crippen LogP contribution is -2.37. The summed E-state index contributed by atoms with van der Waals surface area (Å²) in [5, 5.41) is 8.65. The van der Waals surface area contributed by atoms with Gasteiger partial charge in [0.1, 0.15) is 0 Å². The van der Waals surface area contributed by atoms with Gasteiger partial charge in [0, 0.05) is 18.7 Å². The molecule has 1 heterocycles. The maximum absolute atomic E-state index is 12.0. The summed E-state index contributed by atoms with van der Waals surface area (Å²) in [5.41, 5.74) is 3.07. The minimum atomic E-state index is -0.204. The topological polar surface area (TPSA) is 70.2 Å². The first-order valence-corrected chi connectivity index (χ1v) is 7.08. The summed E-state index contributed by atoms with van der Waals surface area (Å²) in [6, 6.07) is 5.73. The number of amides is 2. The SMILES string of the molecule is CCCNC(=O)CNC(=O)c1ccc2c(c1)CNCC2. The van der Waals surface area contributed by atoms with Crippen LogP contribution in [0.15, 0.2) is 18.2 Å². The first-order valence-electron chi connectivity index (χ1n) is 7.08. The molecule has 20 heavy (non-hydrogen) atoms. The van der Waals surface area contributed by atoms with Crippen LogP contribution in [0.5, 0.6) is 0 Å². The van der Waals surface area contributed by atoms with Gasteiger partial charge < -0.3 is 16.0 Å². The fraction of sp³-hybridized carbons (Fsp3) is 0.467. The Hall–Kier alpha value is -1.88. The summed E-state index contributed by atoms with van der Waals surface area (Å²) in [6.07, 6.45) is 1.88. The lowest BCUT2D eigenvalue weighted by Gasteiger charge is -2.17. The number of benzene rings is 1. The summed E-state index contributed by atoms with van der Waals surface area (Å²) in [7, 11) is 0. The summed E-state index contributed by atoms with van der Waals surface area (Å²) < 4.78 is 0. The van der Waals surface area contributed by atoms with Crippen molar-refractivity contribution >= 4 is 11.8 Å². The lowest BCUT2D eigenvalue weighted by atomic mass is 9.98. The molecular formula is C15H21N3O2. The molecule has 3 N–H and O–H groups in total. The van der Waals surface area contributed by atoms with Crippen LogP contribution in [0.25, 0.3) is 0 Å². The molecule has 2 amide bonds. The number of hydrogen-bond acceptors (Lipinski definition) is 3. The Kier molecular flexibility index (Phi) is 5.12. The van der Waals surface area contributed by atoms with Crippen LogP contribution < -0.4 is 16.0 Å². The number of hydrogen-bond donors (Lipinski definition) is 3. The normalized spacial score (nSPS) is 13.4. The van der Waals surface area contributed by atoms with Crippen LogP contribution in [0.4, 0.5) is 0 Å². The van der Waals surface area contributed by atoms with Crippen molar-refractivity contribution in [1.29, 1.82) is 0 Å². The van der Waals surface area contributed by atoms with E-state index in [0.29, 0.717) is 12.1 Å². The van der Waals surface area contributed by atoms with Crippen LogP contribution in [-0.2, 0) is 17.8 Å². The zero-order valence-corrected chi connectivity index (χ0v) is 11.8. The Labute approximate surface area is 119 Å². The molecule has 0 bridgehead atoms. The largest absolute Gasteiger partial charge is 0.355 e. The van der Waals surface area contributed by atoms with Crippen LogP contribution in [0.3, 0.4) is 0 Å². The van der Waals surface area contributed by atoms with E-state index in [0.717, 1.165) is 25.9 Å². The van der Waals surface area contributed by atoms with Crippen molar-refractivity contribution < 1.29 is 9.59 Å². The monoisotopic (exact) mass is 275 g/mol. The third-order valence-electron chi connectivity index (χ3n) is 3.34. The van der Waals surface area contributed by atoms with Crippen LogP contribution >= 0.6 is 0 Å². The van der Waals surface area contributed by atoms with Gasteiger partial charge in [-0.1, -0.05) is 13.0 Å². The summed E-state index contributed by atoms with van der Waals surface area (Å²) in [4.78, 5) is 23.4. The van der Waals surface area contributed by atoms with E-state index < -0.39 is 0 Å². The number of carbonyl (C=O) groups is 2. The Balaban J connectivity index is 1.91. The highest BCUT2D eigenvalue weighted by molar-refractivity contribution is 5.96. The second-order valence-electron chi connectivity index (χ2n) is 4.94. The molecule has 0 unspecified atom stereocenters. The molecule has 1 aromatic rings. The van der Waals surface area contributed by atoms with E-state index in [4.69, 9.17) is 0 Å². The molecule has 108 valence electrons.